The van der Waals surface area contributed by atoms with Gasteiger partial charge in [0.1, 0.15) is 28.4 Å². The van der Waals surface area contributed by atoms with Crippen LogP contribution in [-0.2, 0) is 4.79 Å². The fraction of sp³-hybridized carbons (Fsp3) is 0.136. The molecule has 8 heteroatoms. The number of hydrogen-bond acceptors (Lipinski definition) is 6. The maximum atomic E-state index is 12.9. The third-order valence-corrected chi connectivity index (χ3v) is 5.56. The van der Waals surface area contributed by atoms with Gasteiger partial charge in [-0.25, -0.2) is 0 Å². The predicted molar refractivity (Wildman–Crippen MR) is 111 cm³/mol. The molecule has 0 saturated carbocycles. The standard InChI is InChI=1S/C22H14ClNO6/c1-28-11-3-2-10-6-14(22(27)24-16(10)7-11)13-8-18(25)30-17-5-4-12-20(26)15(23)9-29-21(12)19(13)17/h2-7,9,13H,8H2,1H3,(H,24,27). The van der Waals surface area contributed by atoms with Crippen LogP contribution >= 0.6 is 11.6 Å². The third-order valence-electron chi connectivity index (χ3n) is 5.30. The van der Waals surface area contributed by atoms with E-state index in [0.29, 0.717) is 22.4 Å². The summed E-state index contributed by atoms with van der Waals surface area (Å²) >= 11 is 5.91. The Bertz CT molecular complexity index is 1470. The molecule has 0 radical (unpaired) electrons. The molecular weight excluding hydrogens is 410 g/mol. The second-order valence-corrected chi connectivity index (χ2v) is 7.41. The van der Waals surface area contributed by atoms with E-state index >= 15 is 0 Å². The van der Waals surface area contributed by atoms with E-state index in [1.165, 1.54) is 12.1 Å². The molecule has 0 aliphatic carbocycles. The Kier molecular flexibility index (Phi) is 4.15. The van der Waals surface area contributed by atoms with E-state index in [2.05, 4.69) is 4.98 Å². The SMILES string of the molecule is COc1ccc2cc(C3CC(=O)Oc4ccc5c(=O)c(Cl)coc5c43)c(=O)[nH]c2c1. The number of pyridine rings is 1. The Morgan fingerprint density at radius 2 is 1.97 bits per heavy atom. The highest BCUT2D eigenvalue weighted by atomic mass is 35.5. The molecule has 30 heavy (non-hydrogen) atoms. The fourth-order valence-corrected chi connectivity index (χ4v) is 4.03. The summed E-state index contributed by atoms with van der Waals surface area (Å²) < 4.78 is 16.2. The lowest BCUT2D eigenvalue weighted by atomic mass is 9.85. The first-order valence-corrected chi connectivity index (χ1v) is 9.49. The number of carbonyl (C=O) groups is 1. The van der Waals surface area contributed by atoms with Crippen LogP contribution in [0.25, 0.3) is 21.9 Å². The van der Waals surface area contributed by atoms with Gasteiger partial charge in [-0.2, -0.15) is 0 Å². The zero-order valence-electron chi connectivity index (χ0n) is 15.7. The van der Waals surface area contributed by atoms with Crippen LogP contribution in [0.15, 0.2) is 56.7 Å². The summed E-state index contributed by atoms with van der Waals surface area (Å²) in [7, 11) is 1.54. The van der Waals surface area contributed by atoms with Crippen LogP contribution in [0.4, 0.5) is 0 Å². The number of methoxy groups -OCH3 is 1. The molecule has 1 atom stereocenters. The minimum absolute atomic E-state index is 0.0516. The van der Waals surface area contributed by atoms with Gasteiger partial charge in [0.05, 0.1) is 24.4 Å². The van der Waals surface area contributed by atoms with Crippen molar-refractivity contribution in [3.63, 3.8) is 0 Å². The lowest BCUT2D eigenvalue weighted by molar-refractivity contribution is -0.135. The quantitative estimate of drug-likeness (QED) is 0.389. The molecule has 0 amide bonds. The van der Waals surface area contributed by atoms with E-state index in [9.17, 15) is 14.4 Å². The Balaban J connectivity index is 1.79. The molecule has 1 unspecified atom stereocenters. The van der Waals surface area contributed by atoms with Crippen LogP contribution in [-0.4, -0.2) is 18.1 Å². The van der Waals surface area contributed by atoms with E-state index < -0.39 is 17.3 Å². The number of H-pyrrole nitrogens is 1. The van der Waals surface area contributed by atoms with Crippen LogP contribution in [0.2, 0.25) is 5.02 Å². The smallest absolute Gasteiger partial charge is 0.312 e. The second-order valence-electron chi connectivity index (χ2n) is 7.00. The number of nitrogens with one attached hydrogen (secondary N) is 1. The van der Waals surface area contributed by atoms with Gasteiger partial charge in [0.2, 0.25) is 5.43 Å². The molecule has 1 N–H and O–H groups in total. The number of benzene rings is 2. The lowest BCUT2D eigenvalue weighted by Gasteiger charge is -2.25. The van der Waals surface area contributed by atoms with Crippen LogP contribution in [0.1, 0.15) is 23.5 Å². The van der Waals surface area contributed by atoms with Crippen LogP contribution in [0.3, 0.4) is 0 Å². The van der Waals surface area contributed by atoms with Crippen molar-refractivity contribution < 1.29 is 18.7 Å². The molecule has 5 rings (SSSR count). The normalized spacial score (nSPS) is 15.8. The van der Waals surface area contributed by atoms with Crippen molar-refractivity contribution in [1.29, 1.82) is 0 Å². The van der Waals surface area contributed by atoms with Gasteiger partial charge < -0.3 is 18.9 Å². The maximum Gasteiger partial charge on any atom is 0.312 e. The van der Waals surface area contributed by atoms with Crippen LogP contribution < -0.4 is 20.5 Å². The van der Waals surface area contributed by atoms with Gasteiger partial charge in [0.25, 0.3) is 5.56 Å². The van der Waals surface area contributed by atoms with E-state index in [1.807, 2.05) is 6.07 Å². The lowest BCUT2D eigenvalue weighted by Crippen LogP contribution is -2.26. The molecule has 0 spiro atoms. The van der Waals surface area contributed by atoms with Gasteiger partial charge >= 0.3 is 5.97 Å². The molecule has 2 aromatic carbocycles. The molecule has 0 bridgehead atoms. The van der Waals surface area contributed by atoms with Crippen LogP contribution in [0.5, 0.6) is 11.5 Å². The predicted octanol–water partition coefficient (Wildman–Crippen LogP) is 3.74. The molecule has 0 saturated heterocycles. The highest BCUT2D eigenvalue weighted by Gasteiger charge is 2.33. The highest BCUT2D eigenvalue weighted by Crippen LogP contribution is 2.42. The minimum atomic E-state index is -0.649. The van der Waals surface area contributed by atoms with Crippen molar-refractivity contribution >= 4 is 39.4 Å². The molecule has 4 aromatic rings. The van der Waals surface area contributed by atoms with Gasteiger partial charge in [-0.15, -0.1) is 0 Å². The summed E-state index contributed by atoms with van der Waals surface area (Å²) in [6.07, 6.45) is 1.08. The molecule has 2 aromatic heterocycles. The number of aromatic amines is 1. The fourth-order valence-electron chi connectivity index (χ4n) is 3.88. The topological polar surface area (TPSA) is 98.6 Å². The van der Waals surface area contributed by atoms with Crippen LogP contribution in [0, 0.1) is 0 Å². The first-order valence-electron chi connectivity index (χ1n) is 9.12. The summed E-state index contributed by atoms with van der Waals surface area (Å²) in [6.45, 7) is 0. The number of ether oxygens (including phenoxy) is 2. The number of esters is 1. The minimum Gasteiger partial charge on any atom is -0.497 e. The highest BCUT2D eigenvalue weighted by molar-refractivity contribution is 6.30. The molecule has 7 nitrogen and oxygen atoms in total. The molecular formula is C22H14ClNO6. The largest absolute Gasteiger partial charge is 0.497 e. The monoisotopic (exact) mass is 423 g/mol. The summed E-state index contributed by atoms with van der Waals surface area (Å²) in [5.74, 6) is -0.257. The van der Waals surface area contributed by atoms with Gasteiger partial charge in [-0.3, -0.25) is 14.4 Å². The average Bonchev–Trinajstić information content (AvgIpc) is 2.74. The van der Waals surface area contributed by atoms with Crippen molar-refractivity contribution in [3.8, 4) is 11.5 Å². The number of carbonyl (C=O) groups excluding carboxylic acids is 1. The number of rotatable bonds is 2. The van der Waals surface area contributed by atoms with Crippen molar-refractivity contribution in [2.24, 2.45) is 0 Å². The van der Waals surface area contributed by atoms with E-state index in [-0.39, 0.29) is 33.7 Å². The number of fused-ring (bicyclic) bond motifs is 4. The summed E-state index contributed by atoms with van der Waals surface area (Å²) in [5.41, 5.74) is 0.951. The third kappa shape index (κ3) is 2.78. The summed E-state index contributed by atoms with van der Waals surface area (Å²) in [5, 5.41) is 0.978. The van der Waals surface area contributed by atoms with Gasteiger partial charge in [0, 0.05) is 23.1 Å². The Labute approximate surface area is 173 Å². The second kappa shape index (κ2) is 6.74. The first kappa shape index (κ1) is 18.4. The van der Waals surface area contributed by atoms with Crippen molar-refractivity contribution in [1.82, 2.24) is 4.98 Å². The molecule has 1 aliphatic rings. The van der Waals surface area contributed by atoms with Crippen molar-refractivity contribution in [2.45, 2.75) is 12.3 Å². The zero-order valence-corrected chi connectivity index (χ0v) is 16.4. The van der Waals surface area contributed by atoms with Gasteiger partial charge in [-0.05, 0) is 35.7 Å². The van der Waals surface area contributed by atoms with E-state index in [4.69, 9.17) is 25.5 Å². The number of aromatic nitrogens is 1. The molecule has 150 valence electrons. The van der Waals surface area contributed by atoms with Crippen molar-refractivity contribution in [2.75, 3.05) is 7.11 Å². The van der Waals surface area contributed by atoms with Crippen molar-refractivity contribution in [3.05, 3.63) is 79.4 Å². The Morgan fingerprint density at radius 1 is 1.13 bits per heavy atom. The average molecular weight is 424 g/mol. The van der Waals surface area contributed by atoms with E-state index in [1.54, 1.807) is 25.3 Å². The Morgan fingerprint density at radius 3 is 2.77 bits per heavy atom. The van der Waals surface area contributed by atoms with E-state index in [0.717, 1.165) is 11.6 Å². The van der Waals surface area contributed by atoms with Gasteiger partial charge in [0.15, 0.2) is 0 Å². The Hall–Kier alpha value is -3.58. The van der Waals surface area contributed by atoms with Gasteiger partial charge in [-0.1, -0.05) is 11.6 Å². The number of halogens is 1. The zero-order chi connectivity index (χ0) is 21.0. The molecule has 3 heterocycles. The summed E-state index contributed by atoms with van der Waals surface area (Å²) in [6, 6.07) is 10.1. The number of hydrogen-bond donors (Lipinski definition) is 1. The maximum absolute atomic E-state index is 12.9. The molecule has 0 fully saturated rings. The first-order chi connectivity index (χ1) is 14.5. The molecule has 1 aliphatic heterocycles. The summed E-state index contributed by atoms with van der Waals surface area (Å²) in [4.78, 5) is 40.5.